The molecule has 1 N–H and O–H groups in total. The van der Waals surface area contributed by atoms with Gasteiger partial charge < -0.3 is 24.2 Å². The van der Waals surface area contributed by atoms with Gasteiger partial charge in [-0.25, -0.2) is 4.39 Å². The first kappa shape index (κ1) is 23.7. The van der Waals surface area contributed by atoms with E-state index in [1.54, 1.807) is 43.5 Å². The van der Waals surface area contributed by atoms with Gasteiger partial charge in [-0.2, -0.15) is 0 Å². The van der Waals surface area contributed by atoms with Crippen molar-refractivity contribution in [1.82, 2.24) is 4.90 Å². The molecule has 2 aliphatic rings. The minimum absolute atomic E-state index is 0.0859. The normalized spacial score (nSPS) is 16.7. The molecule has 0 unspecified atom stereocenters. The number of anilines is 1. The number of aromatic hydroxyl groups is 1. The van der Waals surface area contributed by atoms with Gasteiger partial charge in [0.15, 0.2) is 17.3 Å². The van der Waals surface area contributed by atoms with Crippen LogP contribution in [0.15, 0.2) is 60.4 Å². The summed E-state index contributed by atoms with van der Waals surface area (Å²) in [6.07, 6.45) is 1.63. The first-order valence-corrected chi connectivity index (χ1v) is 11.7. The maximum Gasteiger partial charge on any atom is 0.231 e. The average molecular weight is 491 g/mol. The second-order valence-electron chi connectivity index (χ2n) is 8.70. The Hall–Kier alpha value is -4.04. The predicted molar refractivity (Wildman–Crippen MR) is 134 cm³/mol. The molecule has 0 aromatic heterocycles. The van der Waals surface area contributed by atoms with Crippen molar-refractivity contribution in [2.24, 2.45) is 0 Å². The van der Waals surface area contributed by atoms with E-state index < -0.39 is 0 Å². The fourth-order valence-electron chi connectivity index (χ4n) is 4.66. The minimum atomic E-state index is -0.253. The molecule has 8 heteroatoms. The van der Waals surface area contributed by atoms with Crippen LogP contribution in [-0.2, 0) is 6.54 Å². The monoisotopic (exact) mass is 490 g/mol. The molecule has 2 aliphatic heterocycles. The van der Waals surface area contributed by atoms with Crippen LogP contribution < -0.4 is 19.1 Å². The fraction of sp³-hybridized carbons (Fsp3) is 0.250. The van der Waals surface area contributed by atoms with E-state index in [0.717, 1.165) is 31.9 Å². The van der Waals surface area contributed by atoms with Crippen LogP contribution in [0.2, 0.25) is 0 Å². The Balaban J connectivity index is 1.35. The van der Waals surface area contributed by atoms with Crippen LogP contribution in [-0.4, -0.2) is 56.2 Å². The molecular weight excluding hydrogens is 463 g/mol. The van der Waals surface area contributed by atoms with Gasteiger partial charge in [0.05, 0.1) is 25.3 Å². The van der Waals surface area contributed by atoms with Gasteiger partial charge in [0.25, 0.3) is 0 Å². The third-order valence-electron chi connectivity index (χ3n) is 6.58. The van der Waals surface area contributed by atoms with E-state index in [9.17, 15) is 14.3 Å². The van der Waals surface area contributed by atoms with Gasteiger partial charge in [0.2, 0.25) is 5.78 Å². The number of phenolic OH excluding ortho intramolecular Hbond substituents is 1. The van der Waals surface area contributed by atoms with Crippen molar-refractivity contribution in [3.8, 4) is 23.0 Å². The quantitative estimate of drug-likeness (QED) is 0.511. The number of rotatable bonds is 6. The van der Waals surface area contributed by atoms with Gasteiger partial charge >= 0.3 is 0 Å². The van der Waals surface area contributed by atoms with E-state index >= 15 is 0 Å². The summed E-state index contributed by atoms with van der Waals surface area (Å²) < 4.78 is 30.1. The number of hydrogen-bond acceptors (Lipinski definition) is 7. The molecule has 7 nitrogen and oxygen atoms in total. The van der Waals surface area contributed by atoms with Crippen LogP contribution in [0.5, 0.6) is 23.0 Å². The van der Waals surface area contributed by atoms with Crippen LogP contribution in [0.25, 0.3) is 6.08 Å². The summed E-state index contributed by atoms with van der Waals surface area (Å²) in [5.74, 6) is 1.17. The number of carbonyl (C=O) groups excluding carboxylic acids is 1. The highest BCUT2D eigenvalue weighted by molar-refractivity contribution is 6.15. The van der Waals surface area contributed by atoms with E-state index in [1.807, 2.05) is 12.1 Å². The molecular formula is C28H27FN2O5. The molecule has 0 amide bonds. The Labute approximate surface area is 208 Å². The van der Waals surface area contributed by atoms with Crippen molar-refractivity contribution >= 4 is 17.5 Å². The molecule has 3 aromatic rings. The lowest BCUT2D eigenvalue weighted by atomic mass is 10.0. The predicted octanol–water partition coefficient (Wildman–Crippen LogP) is 4.49. The molecule has 2 heterocycles. The summed E-state index contributed by atoms with van der Waals surface area (Å²) in [5, 5.41) is 10.7. The molecule has 3 aromatic carbocycles. The molecule has 0 atom stereocenters. The summed E-state index contributed by atoms with van der Waals surface area (Å²) in [4.78, 5) is 17.5. The van der Waals surface area contributed by atoms with E-state index in [2.05, 4.69) is 9.80 Å². The number of Topliss-reactive ketones (excluding diaryl/α,β-unsaturated/α-hetero) is 1. The molecule has 0 saturated carbocycles. The Bertz CT molecular complexity index is 1310. The molecule has 1 saturated heterocycles. The molecule has 0 radical (unpaired) electrons. The molecule has 5 rings (SSSR count). The fourth-order valence-corrected chi connectivity index (χ4v) is 4.66. The topological polar surface area (TPSA) is 71.5 Å². The maximum absolute atomic E-state index is 13.3. The molecule has 0 aliphatic carbocycles. The van der Waals surface area contributed by atoms with Crippen molar-refractivity contribution < 1.29 is 28.5 Å². The zero-order valence-corrected chi connectivity index (χ0v) is 20.2. The van der Waals surface area contributed by atoms with E-state index in [0.29, 0.717) is 40.5 Å². The molecule has 1 fully saturated rings. The smallest absolute Gasteiger partial charge is 0.231 e. The standard InChI is InChI=1S/C28H27FN2O5/c1-34-24-5-3-4-18(27(24)35-2)16-25-26(33)21-10-11-23(32)22(28(21)36-25)17-30-12-14-31(15-13-30)20-8-6-19(29)7-9-20/h3-11,16,32H,12-15,17H2,1-2H3. The van der Waals surface area contributed by atoms with Crippen LogP contribution in [0, 0.1) is 5.82 Å². The lowest BCUT2D eigenvalue weighted by Crippen LogP contribution is -2.46. The summed E-state index contributed by atoms with van der Waals surface area (Å²) in [7, 11) is 3.09. The van der Waals surface area contributed by atoms with Gasteiger partial charge in [-0.05, 0) is 48.5 Å². The highest BCUT2D eigenvalue weighted by Crippen LogP contribution is 2.41. The second-order valence-corrected chi connectivity index (χ2v) is 8.70. The van der Waals surface area contributed by atoms with Gasteiger partial charge in [-0.1, -0.05) is 12.1 Å². The largest absolute Gasteiger partial charge is 0.507 e. The van der Waals surface area contributed by atoms with Gasteiger partial charge in [0.1, 0.15) is 17.3 Å². The number of para-hydroxylation sites is 1. The maximum atomic E-state index is 13.3. The van der Waals surface area contributed by atoms with Gasteiger partial charge in [-0.15, -0.1) is 0 Å². The highest BCUT2D eigenvalue weighted by Gasteiger charge is 2.32. The third-order valence-corrected chi connectivity index (χ3v) is 6.58. The Morgan fingerprint density at radius 1 is 1.00 bits per heavy atom. The van der Waals surface area contributed by atoms with E-state index in [1.165, 1.54) is 19.2 Å². The lowest BCUT2D eigenvalue weighted by molar-refractivity contribution is 0.101. The number of phenols is 1. The zero-order chi connectivity index (χ0) is 25.2. The summed E-state index contributed by atoms with van der Waals surface area (Å²) in [6, 6.07) is 15.0. The second kappa shape index (κ2) is 9.91. The van der Waals surface area contributed by atoms with Crippen LogP contribution >= 0.6 is 0 Å². The first-order chi connectivity index (χ1) is 17.5. The number of nitrogens with zero attached hydrogens (tertiary/aromatic N) is 2. The Morgan fingerprint density at radius 2 is 1.75 bits per heavy atom. The third kappa shape index (κ3) is 4.47. The first-order valence-electron chi connectivity index (χ1n) is 11.7. The Morgan fingerprint density at radius 3 is 2.44 bits per heavy atom. The minimum Gasteiger partial charge on any atom is -0.507 e. The Kier molecular flexibility index (Phi) is 6.52. The zero-order valence-electron chi connectivity index (χ0n) is 20.2. The van der Waals surface area contributed by atoms with Crippen LogP contribution in [0.4, 0.5) is 10.1 Å². The number of ether oxygens (including phenoxy) is 3. The molecule has 0 spiro atoms. The number of fused-ring (bicyclic) bond motifs is 1. The van der Waals surface area contributed by atoms with Gasteiger partial charge in [0, 0.05) is 44.0 Å². The van der Waals surface area contributed by atoms with E-state index in [-0.39, 0.29) is 23.1 Å². The van der Waals surface area contributed by atoms with Gasteiger partial charge in [-0.3, -0.25) is 9.69 Å². The van der Waals surface area contributed by atoms with Crippen LogP contribution in [0.3, 0.4) is 0 Å². The highest BCUT2D eigenvalue weighted by atomic mass is 19.1. The van der Waals surface area contributed by atoms with Crippen molar-refractivity contribution in [2.45, 2.75) is 6.54 Å². The lowest BCUT2D eigenvalue weighted by Gasteiger charge is -2.36. The summed E-state index contributed by atoms with van der Waals surface area (Å²) >= 11 is 0. The number of carbonyl (C=O) groups is 1. The van der Waals surface area contributed by atoms with Crippen LogP contribution in [0.1, 0.15) is 21.5 Å². The number of methoxy groups -OCH3 is 2. The number of piperazine rings is 1. The number of ketones is 1. The number of halogens is 1. The summed E-state index contributed by atoms with van der Waals surface area (Å²) in [5.41, 5.74) is 2.63. The number of allylic oxidation sites excluding steroid dienone is 1. The number of hydrogen-bond donors (Lipinski definition) is 1. The number of benzene rings is 3. The molecule has 36 heavy (non-hydrogen) atoms. The average Bonchev–Trinajstić information content (AvgIpc) is 3.21. The van der Waals surface area contributed by atoms with Crippen molar-refractivity contribution in [2.75, 3.05) is 45.3 Å². The molecule has 186 valence electrons. The van der Waals surface area contributed by atoms with Crippen molar-refractivity contribution in [3.63, 3.8) is 0 Å². The van der Waals surface area contributed by atoms with Crippen molar-refractivity contribution in [1.29, 1.82) is 0 Å². The SMILES string of the molecule is COc1cccc(C=C2Oc3c(ccc(O)c3CN3CCN(c4ccc(F)cc4)CC3)C2=O)c1OC. The van der Waals surface area contributed by atoms with Crippen molar-refractivity contribution in [3.05, 3.63) is 82.9 Å². The van der Waals surface area contributed by atoms with E-state index in [4.69, 9.17) is 14.2 Å². The molecule has 0 bridgehead atoms. The summed E-state index contributed by atoms with van der Waals surface area (Å²) in [6.45, 7) is 3.47.